The fourth-order valence-corrected chi connectivity index (χ4v) is 4.01. The summed E-state index contributed by atoms with van der Waals surface area (Å²) in [6.45, 7) is 4.40. The van der Waals surface area contributed by atoms with Crippen LogP contribution in [-0.4, -0.2) is 16.9 Å². The van der Waals surface area contributed by atoms with Gasteiger partial charge in [-0.1, -0.05) is 26.0 Å². The quantitative estimate of drug-likeness (QED) is 0.799. The van der Waals surface area contributed by atoms with Crippen LogP contribution in [0.2, 0.25) is 0 Å². The van der Waals surface area contributed by atoms with E-state index >= 15 is 0 Å². The smallest absolute Gasteiger partial charge is 0.220 e. The molecule has 3 nitrogen and oxygen atoms in total. The molecule has 2 heterocycles. The molecule has 26 heavy (non-hydrogen) atoms. The molecule has 1 fully saturated rings. The number of piperidine rings is 1. The fraction of sp³-hybridized carbons (Fsp3) is 0.455. The lowest BCUT2D eigenvalue weighted by Gasteiger charge is -2.31. The predicted octanol–water partition coefficient (Wildman–Crippen LogP) is 4.92. The van der Waals surface area contributed by atoms with E-state index in [4.69, 9.17) is 0 Å². The van der Waals surface area contributed by atoms with Gasteiger partial charge in [0.1, 0.15) is 5.82 Å². The number of carbonyl (C=O) groups excluding carboxylic acids is 1. The van der Waals surface area contributed by atoms with Gasteiger partial charge in [-0.25, -0.2) is 4.39 Å². The standard InChI is InChI=1S/C22H27FN2O/c1-3-15(4-2)17-12-13-24-20(14-17)22(16-8-10-18(23)11-9-16)19-6-5-7-21(26)25-19/h8-15,19,22H,3-7H2,1-2H3,(H,25,26)/t19-,22-/m1/s1. The lowest BCUT2D eigenvalue weighted by Crippen LogP contribution is -2.43. The summed E-state index contributed by atoms with van der Waals surface area (Å²) in [6.07, 6.45) is 6.39. The Bertz CT molecular complexity index is 740. The summed E-state index contributed by atoms with van der Waals surface area (Å²) in [5.74, 6) is 0.282. The summed E-state index contributed by atoms with van der Waals surface area (Å²) in [5, 5.41) is 3.13. The fourth-order valence-electron chi connectivity index (χ4n) is 4.01. The summed E-state index contributed by atoms with van der Waals surface area (Å²) < 4.78 is 13.4. The van der Waals surface area contributed by atoms with Crippen molar-refractivity contribution < 1.29 is 9.18 Å². The molecule has 1 aliphatic heterocycles. The van der Waals surface area contributed by atoms with Gasteiger partial charge in [-0.2, -0.15) is 0 Å². The van der Waals surface area contributed by atoms with Crippen LogP contribution in [0.3, 0.4) is 0 Å². The van der Waals surface area contributed by atoms with E-state index in [0.717, 1.165) is 36.9 Å². The number of aromatic nitrogens is 1. The number of amides is 1. The van der Waals surface area contributed by atoms with Crippen molar-refractivity contribution in [3.05, 3.63) is 65.2 Å². The van der Waals surface area contributed by atoms with E-state index in [9.17, 15) is 9.18 Å². The SMILES string of the molecule is CCC(CC)c1ccnc([C@H](c2ccc(F)cc2)[C@H]2CCCC(=O)N2)c1. The Morgan fingerprint density at radius 1 is 1.15 bits per heavy atom. The minimum Gasteiger partial charge on any atom is -0.352 e. The summed E-state index contributed by atoms with van der Waals surface area (Å²) in [7, 11) is 0. The van der Waals surface area contributed by atoms with Crippen LogP contribution in [0.1, 0.15) is 74.6 Å². The van der Waals surface area contributed by atoms with E-state index in [-0.39, 0.29) is 23.7 Å². The molecule has 0 radical (unpaired) electrons. The second-order valence-electron chi connectivity index (χ2n) is 7.12. The van der Waals surface area contributed by atoms with Gasteiger partial charge in [0.15, 0.2) is 0 Å². The highest BCUT2D eigenvalue weighted by atomic mass is 19.1. The Morgan fingerprint density at radius 3 is 2.54 bits per heavy atom. The second kappa shape index (κ2) is 8.43. The zero-order chi connectivity index (χ0) is 18.5. The topological polar surface area (TPSA) is 42.0 Å². The molecule has 1 aliphatic rings. The molecule has 0 saturated carbocycles. The van der Waals surface area contributed by atoms with Crippen molar-refractivity contribution in [2.24, 2.45) is 0 Å². The Balaban J connectivity index is 2.01. The first-order valence-corrected chi connectivity index (χ1v) is 9.63. The zero-order valence-corrected chi connectivity index (χ0v) is 15.5. The van der Waals surface area contributed by atoms with Gasteiger partial charge < -0.3 is 5.32 Å². The van der Waals surface area contributed by atoms with Crippen molar-refractivity contribution in [1.29, 1.82) is 0 Å². The van der Waals surface area contributed by atoms with Gasteiger partial charge in [0.05, 0.1) is 5.69 Å². The molecule has 1 amide bonds. The number of rotatable bonds is 6. The van der Waals surface area contributed by atoms with Gasteiger partial charge in [-0.15, -0.1) is 0 Å². The Morgan fingerprint density at radius 2 is 1.88 bits per heavy atom. The Kier molecular flexibility index (Phi) is 6.02. The third-order valence-corrected chi connectivity index (χ3v) is 5.48. The van der Waals surface area contributed by atoms with E-state index in [1.165, 1.54) is 17.7 Å². The van der Waals surface area contributed by atoms with Crippen LogP contribution in [0, 0.1) is 5.82 Å². The number of halogens is 1. The van der Waals surface area contributed by atoms with Gasteiger partial charge in [0.2, 0.25) is 5.91 Å². The average molecular weight is 354 g/mol. The Hall–Kier alpha value is -2.23. The van der Waals surface area contributed by atoms with Gasteiger partial charge in [-0.3, -0.25) is 9.78 Å². The summed E-state index contributed by atoms with van der Waals surface area (Å²) >= 11 is 0. The lowest BCUT2D eigenvalue weighted by molar-refractivity contribution is -0.123. The molecule has 3 rings (SSSR count). The van der Waals surface area contributed by atoms with Crippen LogP contribution in [0.4, 0.5) is 4.39 Å². The molecule has 1 aromatic carbocycles. The molecule has 0 bridgehead atoms. The van der Waals surface area contributed by atoms with E-state index < -0.39 is 0 Å². The van der Waals surface area contributed by atoms with Gasteiger partial charge in [0.25, 0.3) is 0 Å². The number of nitrogens with zero attached hydrogens (tertiary/aromatic N) is 1. The first-order valence-electron chi connectivity index (χ1n) is 9.63. The van der Waals surface area contributed by atoms with Crippen molar-refractivity contribution in [1.82, 2.24) is 10.3 Å². The monoisotopic (exact) mass is 354 g/mol. The normalized spacial score (nSPS) is 18.6. The van der Waals surface area contributed by atoms with E-state index in [0.29, 0.717) is 12.3 Å². The molecular formula is C22H27FN2O. The van der Waals surface area contributed by atoms with Crippen molar-refractivity contribution in [2.45, 2.75) is 63.8 Å². The average Bonchev–Trinajstić information content (AvgIpc) is 2.65. The molecule has 2 aromatic rings. The number of hydrogen-bond donors (Lipinski definition) is 1. The zero-order valence-electron chi connectivity index (χ0n) is 15.5. The van der Waals surface area contributed by atoms with Crippen molar-refractivity contribution >= 4 is 5.91 Å². The summed E-state index contributed by atoms with van der Waals surface area (Å²) in [5.41, 5.74) is 3.23. The molecule has 1 saturated heterocycles. The third kappa shape index (κ3) is 4.12. The number of carbonyl (C=O) groups is 1. The maximum Gasteiger partial charge on any atom is 0.220 e. The van der Waals surface area contributed by atoms with Crippen molar-refractivity contribution in [2.75, 3.05) is 0 Å². The minimum absolute atomic E-state index is 0.00818. The van der Waals surface area contributed by atoms with Crippen LogP contribution in [0.15, 0.2) is 42.6 Å². The molecule has 2 atom stereocenters. The number of pyridine rings is 1. The highest BCUT2D eigenvalue weighted by Crippen LogP contribution is 2.33. The Labute approximate surface area is 155 Å². The highest BCUT2D eigenvalue weighted by Gasteiger charge is 2.30. The third-order valence-electron chi connectivity index (χ3n) is 5.48. The first-order chi connectivity index (χ1) is 12.6. The second-order valence-corrected chi connectivity index (χ2v) is 7.12. The van der Waals surface area contributed by atoms with E-state index in [1.54, 1.807) is 0 Å². The van der Waals surface area contributed by atoms with Crippen LogP contribution in [0.5, 0.6) is 0 Å². The van der Waals surface area contributed by atoms with Gasteiger partial charge >= 0.3 is 0 Å². The molecule has 0 spiro atoms. The predicted molar refractivity (Wildman–Crippen MR) is 102 cm³/mol. The highest BCUT2D eigenvalue weighted by molar-refractivity contribution is 5.77. The molecule has 1 N–H and O–H groups in total. The molecule has 0 unspecified atom stereocenters. The maximum absolute atomic E-state index is 13.4. The van der Waals surface area contributed by atoms with Crippen molar-refractivity contribution in [3.8, 4) is 0 Å². The molecule has 4 heteroatoms. The van der Waals surface area contributed by atoms with Crippen LogP contribution >= 0.6 is 0 Å². The lowest BCUT2D eigenvalue weighted by atomic mass is 9.82. The molecule has 1 aromatic heterocycles. The maximum atomic E-state index is 13.4. The summed E-state index contributed by atoms with van der Waals surface area (Å²) in [6, 6.07) is 10.8. The van der Waals surface area contributed by atoms with Gasteiger partial charge in [0, 0.05) is 24.6 Å². The van der Waals surface area contributed by atoms with Crippen LogP contribution in [-0.2, 0) is 4.79 Å². The molecule has 0 aliphatic carbocycles. The number of nitrogens with one attached hydrogen (secondary N) is 1. The minimum atomic E-state index is -0.251. The number of benzene rings is 1. The molecular weight excluding hydrogens is 327 g/mol. The van der Waals surface area contributed by atoms with Crippen LogP contribution < -0.4 is 5.32 Å². The largest absolute Gasteiger partial charge is 0.352 e. The van der Waals surface area contributed by atoms with Gasteiger partial charge in [-0.05, 0) is 67.0 Å². The van der Waals surface area contributed by atoms with Crippen LogP contribution in [0.25, 0.3) is 0 Å². The number of hydrogen-bond acceptors (Lipinski definition) is 2. The van der Waals surface area contributed by atoms with E-state index in [1.807, 2.05) is 18.3 Å². The summed E-state index contributed by atoms with van der Waals surface area (Å²) in [4.78, 5) is 16.6. The first kappa shape index (κ1) is 18.6. The van der Waals surface area contributed by atoms with Crippen molar-refractivity contribution in [3.63, 3.8) is 0 Å². The molecule has 138 valence electrons. The van der Waals surface area contributed by atoms with E-state index in [2.05, 4.69) is 36.3 Å².